The largest absolute Gasteiger partial charge is 0.450 e. The zero-order valence-corrected chi connectivity index (χ0v) is 10.4. The van der Waals surface area contributed by atoms with E-state index < -0.39 is 30.8 Å². The van der Waals surface area contributed by atoms with Crippen LogP contribution in [0.1, 0.15) is 24.9 Å². The van der Waals surface area contributed by atoms with Crippen LogP contribution in [-0.4, -0.2) is 29.8 Å². The van der Waals surface area contributed by atoms with Gasteiger partial charge in [0.05, 0.1) is 25.1 Å². The van der Waals surface area contributed by atoms with Crippen LogP contribution < -0.4 is 0 Å². The predicted molar refractivity (Wildman–Crippen MR) is 62.5 cm³/mol. The summed E-state index contributed by atoms with van der Waals surface area (Å²) in [5.41, 5.74) is 0.699. The van der Waals surface area contributed by atoms with Crippen molar-refractivity contribution in [2.24, 2.45) is 0 Å². The molecule has 3 nitrogen and oxygen atoms in total. The highest BCUT2D eigenvalue weighted by molar-refractivity contribution is 5.72. The molecule has 0 bridgehead atoms. The molecule has 1 aliphatic heterocycles. The maximum Gasteiger partial charge on any atom is 0.410 e. The van der Waals surface area contributed by atoms with Crippen molar-refractivity contribution in [3.8, 4) is 0 Å². The smallest absolute Gasteiger partial charge is 0.410 e. The van der Waals surface area contributed by atoms with E-state index in [9.17, 15) is 18.0 Å². The number of nitrogens with zero attached hydrogens (tertiary/aromatic N) is 1. The number of carbonyl (C=O) groups is 1. The van der Waals surface area contributed by atoms with Gasteiger partial charge < -0.3 is 4.74 Å². The SMILES string of the molecule is CCOC(=O)N1[C@H](CC(F)(F)F)[C@@H]1c1ccccc1. The molecular formula is C13H14F3NO2. The van der Waals surface area contributed by atoms with Gasteiger partial charge in [-0.1, -0.05) is 30.3 Å². The van der Waals surface area contributed by atoms with Gasteiger partial charge in [-0.3, -0.25) is 4.90 Å². The van der Waals surface area contributed by atoms with Gasteiger partial charge in [0.25, 0.3) is 0 Å². The number of carbonyl (C=O) groups excluding carboxylic acids is 1. The number of ether oxygens (including phenoxy) is 1. The highest BCUT2D eigenvalue weighted by Crippen LogP contribution is 2.48. The molecule has 2 atom stereocenters. The molecule has 1 aromatic carbocycles. The molecule has 0 aromatic heterocycles. The van der Waals surface area contributed by atoms with Crippen molar-refractivity contribution in [3.05, 3.63) is 35.9 Å². The molecule has 1 amide bonds. The molecule has 0 aliphatic carbocycles. The van der Waals surface area contributed by atoms with Gasteiger partial charge in [0.2, 0.25) is 0 Å². The minimum absolute atomic E-state index is 0.148. The Labute approximate surface area is 109 Å². The van der Waals surface area contributed by atoms with Crippen LogP contribution >= 0.6 is 0 Å². The Morgan fingerprint density at radius 2 is 1.95 bits per heavy atom. The van der Waals surface area contributed by atoms with Gasteiger partial charge in [-0.05, 0) is 12.5 Å². The first-order valence-electron chi connectivity index (χ1n) is 6.01. The van der Waals surface area contributed by atoms with E-state index in [0.29, 0.717) is 5.56 Å². The third kappa shape index (κ3) is 3.19. The second-order valence-corrected chi connectivity index (χ2v) is 4.35. The first-order chi connectivity index (χ1) is 8.94. The zero-order valence-electron chi connectivity index (χ0n) is 10.4. The molecule has 19 heavy (non-hydrogen) atoms. The van der Waals surface area contributed by atoms with E-state index >= 15 is 0 Å². The Morgan fingerprint density at radius 1 is 1.32 bits per heavy atom. The summed E-state index contributed by atoms with van der Waals surface area (Å²) in [6.45, 7) is 1.77. The van der Waals surface area contributed by atoms with E-state index in [1.807, 2.05) is 0 Å². The summed E-state index contributed by atoms with van der Waals surface area (Å²) < 4.78 is 42.2. The number of halogens is 3. The van der Waals surface area contributed by atoms with E-state index in [1.54, 1.807) is 37.3 Å². The first kappa shape index (κ1) is 13.7. The van der Waals surface area contributed by atoms with E-state index in [0.717, 1.165) is 4.90 Å². The summed E-state index contributed by atoms with van der Waals surface area (Å²) in [6.07, 6.45) is -5.99. The third-order valence-corrected chi connectivity index (χ3v) is 2.99. The van der Waals surface area contributed by atoms with Gasteiger partial charge in [-0.25, -0.2) is 4.79 Å². The minimum Gasteiger partial charge on any atom is -0.450 e. The molecule has 0 N–H and O–H groups in total. The van der Waals surface area contributed by atoms with Crippen molar-refractivity contribution in [2.75, 3.05) is 6.61 Å². The van der Waals surface area contributed by atoms with Crippen LogP contribution in [0.4, 0.5) is 18.0 Å². The molecule has 1 saturated heterocycles. The summed E-state index contributed by atoms with van der Waals surface area (Å²) in [4.78, 5) is 12.8. The van der Waals surface area contributed by atoms with Crippen LogP contribution in [0.15, 0.2) is 30.3 Å². The van der Waals surface area contributed by atoms with Crippen LogP contribution in [0.25, 0.3) is 0 Å². The molecule has 1 aromatic rings. The van der Waals surface area contributed by atoms with E-state index in [4.69, 9.17) is 4.74 Å². The maximum atomic E-state index is 12.5. The van der Waals surface area contributed by atoms with Gasteiger partial charge in [0.15, 0.2) is 0 Å². The van der Waals surface area contributed by atoms with Crippen LogP contribution in [0.5, 0.6) is 0 Å². The average molecular weight is 273 g/mol. The summed E-state index contributed by atoms with van der Waals surface area (Å²) in [5.74, 6) is 0. The maximum absolute atomic E-state index is 12.5. The zero-order chi connectivity index (χ0) is 14.0. The van der Waals surface area contributed by atoms with Crippen molar-refractivity contribution >= 4 is 6.09 Å². The minimum atomic E-state index is -4.29. The molecule has 104 valence electrons. The molecule has 2 rings (SSSR count). The Balaban J connectivity index is 2.14. The number of rotatable bonds is 3. The second-order valence-electron chi connectivity index (χ2n) is 4.35. The van der Waals surface area contributed by atoms with Crippen molar-refractivity contribution < 1.29 is 22.7 Å². The standard InChI is InChI=1S/C13H14F3NO2/c1-2-19-12(18)17-10(8-13(14,15)16)11(17)9-6-4-3-5-7-9/h3-7,10-11H,2,8H2,1H3/t10-,11+,17?/m1/s1. The Morgan fingerprint density at radius 3 is 2.47 bits per heavy atom. The molecule has 6 heteroatoms. The lowest BCUT2D eigenvalue weighted by atomic mass is 10.1. The van der Waals surface area contributed by atoms with Gasteiger partial charge in [0, 0.05) is 0 Å². The highest BCUT2D eigenvalue weighted by Gasteiger charge is 2.56. The van der Waals surface area contributed by atoms with E-state index in [1.165, 1.54) is 0 Å². The Hall–Kier alpha value is -1.72. The molecule has 1 fully saturated rings. The number of alkyl halides is 3. The second kappa shape index (κ2) is 5.11. The number of hydrogen-bond acceptors (Lipinski definition) is 2. The molecule has 0 radical (unpaired) electrons. The topological polar surface area (TPSA) is 29.3 Å². The van der Waals surface area contributed by atoms with Crippen molar-refractivity contribution in [1.29, 1.82) is 0 Å². The van der Waals surface area contributed by atoms with Gasteiger partial charge in [-0.15, -0.1) is 0 Å². The number of amides is 1. The fourth-order valence-corrected chi connectivity index (χ4v) is 2.21. The summed E-state index contributed by atoms with van der Waals surface area (Å²) >= 11 is 0. The van der Waals surface area contributed by atoms with E-state index in [-0.39, 0.29) is 6.61 Å². The molecule has 0 unspecified atom stereocenters. The van der Waals surface area contributed by atoms with Crippen LogP contribution in [0, 0.1) is 0 Å². The fourth-order valence-electron chi connectivity index (χ4n) is 2.21. The lowest BCUT2D eigenvalue weighted by molar-refractivity contribution is -0.135. The quantitative estimate of drug-likeness (QED) is 0.788. The average Bonchev–Trinajstić information content (AvgIpc) is 3.02. The number of hydrogen-bond donors (Lipinski definition) is 0. The van der Waals surface area contributed by atoms with Crippen molar-refractivity contribution in [3.63, 3.8) is 0 Å². The highest BCUT2D eigenvalue weighted by atomic mass is 19.4. The van der Waals surface area contributed by atoms with Crippen molar-refractivity contribution in [1.82, 2.24) is 4.90 Å². The summed E-state index contributed by atoms with van der Waals surface area (Å²) in [7, 11) is 0. The van der Waals surface area contributed by atoms with Crippen LogP contribution in [-0.2, 0) is 4.74 Å². The van der Waals surface area contributed by atoms with Gasteiger partial charge in [0.1, 0.15) is 0 Å². The monoisotopic (exact) mass is 273 g/mol. The van der Waals surface area contributed by atoms with Crippen LogP contribution in [0.3, 0.4) is 0 Å². The Kier molecular flexibility index (Phi) is 3.68. The molecule has 1 aliphatic rings. The summed E-state index contributed by atoms with van der Waals surface area (Å²) in [6, 6.07) is 7.28. The molecule has 0 saturated carbocycles. The molecule has 1 heterocycles. The third-order valence-electron chi connectivity index (χ3n) is 2.99. The normalized spacial score (nSPS) is 22.2. The Bertz CT molecular complexity index is 447. The number of benzene rings is 1. The lowest BCUT2D eigenvalue weighted by Gasteiger charge is -2.06. The van der Waals surface area contributed by atoms with Crippen LogP contribution in [0.2, 0.25) is 0 Å². The van der Waals surface area contributed by atoms with Gasteiger partial charge >= 0.3 is 12.3 Å². The molecule has 0 spiro atoms. The van der Waals surface area contributed by atoms with Crippen molar-refractivity contribution in [2.45, 2.75) is 31.6 Å². The fraction of sp³-hybridized carbons (Fsp3) is 0.462. The molecular weight excluding hydrogens is 259 g/mol. The predicted octanol–water partition coefficient (Wildman–Crippen LogP) is 3.52. The van der Waals surface area contributed by atoms with Gasteiger partial charge in [-0.2, -0.15) is 13.2 Å². The first-order valence-corrected chi connectivity index (χ1v) is 6.01. The summed E-state index contributed by atoms with van der Waals surface area (Å²) in [5, 5.41) is 0. The lowest BCUT2D eigenvalue weighted by Crippen LogP contribution is -2.19. The van der Waals surface area contributed by atoms with E-state index in [2.05, 4.69) is 0 Å².